The monoisotopic (exact) mass is 563 g/mol. The lowest BCUT2D eigenvalue weighted by atomic mass is 10.1. The van der Waals surface area contributed by atoms with Crippen molar-refractivity contribution in [3.8, 4) is 23.0 Å². The van der Waals surface area contributed by atoms with Gasteiger partial charge in [0.1, 0.15) is 0 Å². The van der Waals surface area contributed by atoms with Gasteiger partial charge in [0, 0.05) is 20.1 Å². The molecule has 172 valence electrons. The van der Waals surface area contributed by atoms with Gasteiger partial charge in [-0.05, 0) is 48.7 Å². The molecule has 0 fully saturated rings. The summed E-state index contributed by atoms with van der Waals surface area (Å²) in [7, 11) is 6.59. The molecule has 0 spiro atoms. The zero-order valence-electron chi connectivity index (χ0n) is 18.6. The maximum absolute atomic E-state index is 6.34. The van der Waals surface area contributed by atoms with Gasteiger partial charge < -0.3 is 29.6 Å². The number of hydrogen-bond acceptors (Lipinski definition) is 5. The average molecular weight is 564 g/mol. The number of benzene rings is 2. The Labute approximate surface area is 206 Å². The molecule has 2 rings (SSSR count). The molecule has 0 aliphatic rings. The van der Waals surface area contributed by atoms with E-state index in [1.54, 1.807) is 28.4 Å². The van der Waals surface area contributed by atoms with Gasteiger partial charge in [0.05, 0.1) is 33.0 Å². The van der Waals surface area contributed by atoms with Crippen molar-refractivity contribution in [1.29, 1.82) is 0 Å². The smallest absolute Gasteiger partial charge is 0.191 e. The van der Waals surface area contributed by atoms with Crippen molar-refractivity contribution in [3.05, 3.63) is 46.5 Å². The highest BCUT2D eigenvalue weighted by atomic mass is 127. The molecule has 7 nitrogen and oxygen atoms in total. The molecule has 0 bridgehead atoms. The Morgan fingerprint density at radius 2 is 1.61 bits per heavy atom. The molecule has 0 radical (unpaired) electrons. The summed E-state index contributed by atoms with van der Waals surface area (Å²) in [5, 5.41) is 7.11. The molecule has 0 saturated heterocycles. The highest BCUT2D eigenvalue weighted by Gasteiger charge is 2.12. The molecule has 0 saturated carbocycles. The van der Waals surface area contributed by atoms with Crippen LogP contribution in [0.15, 0.2) is 35.3 Å². The van der Waals surface area contributed by atoms with Crippen LogP contribution in [0.3, 0.4) is 0 Å². The zero-order chi connectivity index (χ0) is 21.9. The number of ether oxygens (including phenoxy) is 4. The predicted molar refractivity (Wildman–Crippen MR) is 136 cm³/mol. The normalized spacial score (nSPS) is 10.7. The first-order valence-corrected chi connectivity index (χ1v) is 10.1. The van der Waals surface area contributed by atoms with Crippen molar-refractivity contribution in [1.82, 2.24) is 10.6 Å². The topological polar surface area (TPSA) is 73.3 Å². The van der Waals surface area contributed by atoms with E-state index in [1.165, 1.54) is 0 Å². The maximum atomic E-state index is 6.34. The Hall–Kier alpha value is -2.07. The van der Waals surface area contributed by atoms with Gasteiger partial charge in [0.15, 0.2) is 29.0 Å². The second kappa shape index (κ2) is 14.1. The number of hydrogen-bond donors (Lipinski definition) is 2. The van der Waals surface area contributed by atoms with E-state index in [4.69, 9.17) is 30.5 Å². The summed E-state index contributed by atoms with van der Waals surface area (Å²) in [6.07, 6.45) is 0.809. The average Bonchev–Trinajstić information content (AvgIpc) is 2.77. The Balaban J connectivity index is 0.00000480. The van der Waals surface area contributed by atoms with Crippen LogP contribution in [-0.2, 0) is 13.0 Å². The van der Waals surface area contributed by atoms with E-state index in [1.807, 2.05) is 37.3 Å². The van der Waals surface area contributed by atoms with Crippen LogP contribution in [0.5, 0.6) is 23.0 Å². The lowest BCUT2D eigenvalue weighted by Crippen LogP contribution is -2.37. The molecule has 0 heterocycles. The van der Waals surface area contributed by atoms with Crippen LogP contribution in [0.2, 0.25) is 5.02 Å². The molecule has 0 amide bonds. The van der Waals surface area contributed by atoms with E-state index in [9.17, 15) is 0 Å². The fourth-order valence-corrected chi connectivity index (χ4v) is 3.22. The third-order valence-corrected chi connectivity index (χ3v) is 4.70. The van der Waals surface area contributed by atoms with E-state index in [0.29, 0.717) is 42.2 Å². The van der Waals surface area contributed by atoms with Gasteiger partial charge in [-0.1, -0.05) is 17.7 Å². The molecule has 9 heteroatoms. The van der Waals surface area contributed by atoms with E-state index in [2.05, 4.69) is 15.6 Å². The summed E-state index contributed by atoms with van der Waals surface area (Å²) in [4.78, 5) is 4.27. The van der Waals surface area contributed by atoms with Crippen LogP contribution in [0, 0.1) is 0 Å². The van der Waals surface area contributed by atoms with Gasteiger partial charge >= 0.3 is 0 Å². The van der Waals surface area contributed by atoms with Crippen molar-refractivity contribution in [3.63, 3.8) is 0 Å². The number of aliphatic imine (C=N–C) groups is 1. The van der Waals surface area contributed by atoms with Crippen LogP contribution < -0.4 is 29.6 Å². The molecule has 2 aromatic carbocycles. The molecule has 2 N–H and O–H groups in total. The van der Waals surface area contributed by atoms with Crippen molar-refractivity contribution in [2.75, 3.05) is 41.5 Å². The van der Waals surface area contributed by atoms with Gasteiger partial charge in [0.25, 0.3) is 0 Å². The molecular formula is C22H31ClIN3O4. The van der Waals surface area contributed by atoms with Crippen LogP contribution in [0.1, 0.15) is 18.1 Å². The third kappa shape index (κ3) is 7.84. The van der Waals surface area contributed by atoms with E-state index in [-0.39, 0.29) is 24.0 Å². The Kier molecular flexibility index (Phi) is 12.2. The molecule has 0 aliphatic carbocycles. The highest BCUT2D eigenvalue weighted by molar-refractivity contribution is 14.0. The summed E-state index contributed by atoms with van der Waals surface area (Å²) in [6, 6.07) is 9.67. The molecule has 0 atom stereocenters. The van der Waals surface area contributed by atoms with Crippen LogP contribution in [0.25, 0.3) is 0 Å². The van der Waals surface area contributed by atoms with E-state index < -0.39 is 0 Å². The minimum atomic E-state index is 0. The quantitative estimate of drug-likeness (QED) is 0.255. The molecule has 0 aliphatic heterocycles. The minimum absolute atomic E-state index is 0. The number of nitrogens with one attached hydrogen (secondary N) is 2. The third-order valence-electron chi connectivity index (χ3n) is 4.42. The SMILES string of the molecule is CCOc1c(Cl)cc(CNC(=NC)NCCc2ccc(OC)c(OC)c2)cc1OC.I. The van der Waals surface area contributed by atoms with Crippen LogP contribution in [0.4, 0.5) is 0 Å². The number of guanidine groups is 1. The number of rotatable bonds is 10. The fourth-order valence-electron chi connectivity index (χ4n) is 2.93. The number of nitrogens with zero attached hydrogens (tertiary/aromatic N) is 1. The first kappa shape index (κ1) is 27.0. The van der Waals surface area contributed by atoms with Crippen molar-refractivity contribution < 1.29 is 18.9 Å². The Bertz CT molecular complexity index is 865. The number of methoxy groups -OCH3 is 3. The van der Waals surface area contributed by atoms with Crippen molar-refractivity contribution in [2.45, 2.75) is 19.9 Å². The van der Waals surface area contributed by atoms with Gasteiger partial charge in [-0.2, -0.15) is 0 Å². The largest absolute Gasteiger partial charge is 0.493 e. The van der Waals surface area contributed by atoms with Crippen LogP contribution in [-0.4, -0.2) is 47.5 Å². The summed E-state index contributed by atoms with van der Waals surface area (Å²) in [6.45, 7) is 3.67. The molecule has 0 aromatic heterocycles. The minimum Gasteiger partial charge on any atom is -0.493 e. The first-order chi connectivity index (χ1) is 14.6. The van der Waals surface area contributed by atoms with Crippen molar-refractivity contribution in [2.24, 2.45) is 4.99 Å². The second-order valence-electron chi connectivity index (χ2n) is 6.33. The summed E-state index contributed by atoms with van der Waals surface area (Å²) in [5.74, 6) is 3.30. The zero-order valence-corrected chi connectivity index (χ0v) is 21.7. The fraction of sp³-hybridized carbons (Fsp3) is 0.409. The molecule has 0 unspecified atom stereocenters. The predicted octanol–water partition coefficient (Wildman–Crippen LogP) is 4.29. The van der Waals surface area contributed by atoms with Gasteiger partial charge in [-0.25, -0.2) is 0 Å². The van der Waals surface area contributed by atoms with E-state index >= 15 is 0 Å². The highest BCUT2D eigenvalue weighted by Crippen LogP contribution is 2.36. The van der Waals surface area contributed by atoms with Gasteiger partial charge in [-0.15, -0.1) is 24.0 Å². The van der Waals surface area contributed by atoms with Gasteiger partial charge in [0.2, 0.25) is 0 Å². The molecule has 31 heavy (non-hydrogen) atoms. The Morgan fingerprint density at radius 1 is 0.935 bits per heavy atom. The van der Waals surface area contributed by atoms with Crippen LogP contribution >= 0.6 is 35.6 Å². The maximum Gasteiger partial charge on any atom is 0.191 e. The van der Waals surface area contributed by atoms with Crippen molar-refractivity contribution >= 4 is 41.5 Å². The van der Waals surface area contributed by atoms with E-state index in [0.717, 1.165) is 29.0 Å². The summed E-state index contributed by atoms with van der Waals surface area (Å²) >= 11 is 6.34. The van der Waals surface area contributed by atoms with Gasteiger partial charge in [-0.3, -0.25) is 4.99 Å². The first-order valence-electron chi connectivity index (χ1n) is 9.70. The molecular weight excluding hydrogens is 533 g/mol. The molecule has 2 aromatic rings. The standard InChI is InChI=1S/C22H30ClN3O4.HI/c1-6-30-21-17(23)11-16(13-20(21)29-5)14-26-22(24-2)25-10-9-15-7-8-18(27-3)19(12-15)28-4;/h7-8,11-13H,6,9-10,14H2,1-5H3,(H2,24,25,26);1H. The summed E-state index contributed by atoms with van der Waals surface area (Å²) < 4.78 is 21.6. The lowest BCUT2D eigenvalue weighted by molar-refractivity contribution is 0.311. The second-order valence-corrected chi connectivity index (χ2v) is 6.74. The Morgan fingerprint density at radius 3 is 2.23 bits per heavy atom. The number of halogens is 2. The lowest BCUT2D eigenvalue weighted by Gasteiger charge is -2.15. The summed E-state index contributed by atoms with van der Waals surface area (Å²) in [5.41, 5.74) is 2.10.